The first kappa shape index (κ1) is 42.5. The first-order valence-electron chi connectivity index (χ1n) is 20.1. The van der Waals surface area contributed by atoms with Gasteiger partial charge in [0.15, 0.2) is 0 Å². The average Bonchev–Trinajstić information content (AvgIpc) is 3.30. The van der Waals surface area contributed by atoms with Crippen LogP contribution in [0.1, 0.15) is 43.2 Å². The quantitative estimate of drug-likeness (QED) is 0.114. The maximum Gasteiger partial charge on any atom is 0.127 e. The maximum atomic E-state index is 6.12. The molecule has 0 aliphatic heterocycles. The number of hydrogen-bond acceptors (Lipinski definition) is 4. The second-order valence-electron chi connectivity index (χ2n) is 14.7. The van der Waals surface area contributed by atoms with Gasteiger partial charge in [0.25, 0.3) is 0 Å². The van der Waals surface area contributed by atoms with E-state index in [0.29, 0.717) is 0 Å². The van der Waals surface area contributed by atoms with Gasteiger partial charge in [-0.15, -0.1) is 24.3 Å². The summed E-state index contributed by atoms with van der Waals surface area (Å²) in [4.78, 5) is 4.59. The van der Waals surface area contributed by atoms with Gasteiger partial charge >= 0.3 is 0 Å². The Morgan fingerprint density at radius 1 is 0.333 bits per heavy atom. The molecular weight excluding hydrogens is 1080 g/mol. The number of ether oxygens (including phenoxy) is 2. The van der Waals surface area contributed by atoms with Crippen LogP contribution in [-0.4, -0.2) is 0 Å². The van der Waals surface area contributed by atoms with Gasteiger partial charge in [0.2, 0.25) is 0 Å². The zero-order valence-electron chi connectivity index (χ0n) is 33.2. The molecule has 9 rings (SSSR count). The molecule has 0 bridgehead atoms. The normalized spacial score (nSPS) is 12.9. The molecule has 0 atom stereocenters. The van der Waals surface area contributed by atoms with Crippen LogP contribution >= 0.6 is 0 Å². The van der Waals surface area contributed by atoms with E-state index in [2.05, 4.69) is 119 Å². The molecule has 0 heterocycles. The molecular formula is C54H44N2O2W2-2. The SMILES string of the molecule is [W].[W].[c-]1ccc(N(c2ccc(Oc3ccccc3)cc2)c2ccc(C3(c4ccc(N(c5cc[c-]cc5)c5ccc(Oc6ccccc6)cc5)cc4)CCCCC3)cc2)cc1. The summed E-state index contributed by atoms with van der Waals surface area (Å²) in [7, 11) is 0. The van der Waals surface area contributed by atoms with Crippen molar-refractivity contribution in [3.05, 3.63) is 230 Å². The number of anilines is 6. The number of rotatable bonds is 12. The third-order valence-corrected chi connectivity index (χ3v) is 11.1. The molecule has 1 aliphatic rings. The van der Waals surface area contributed by atoms with Gasteiger partial charge in [-0.25, -0.2) is 0 Å². The van der Waals surface area contributed by atoms with E-state index in [9.17, 15) is 0 Å². The van der Waals surface area contributed by atoms with E-state index in [1.807, 2.05) is 109 Å². The van der Waals surface area contributed by atoms with E-state index in [1.165, 1.54) is 30.4 Å². The van der Waals surface area contributed by atoms with Gasteiger partial charge in [-0.3, -0.25) is 0 Å². The summed E-state index contributed by atoms with van der Waals surface area (Å²) in [5, 5.41) is 0. The van der Waals surface area contributed by atoms with Crippen LogP contribution in [-0.2, 0) is 47.5 Å². The molecule has 1 saturated carbocycles. The van der Waals surface area contributed by atoms with Crippen LogP contribution in [0.4, 0.5) is 34.1 Å². The molecule has 296 valence electrons. The summed E-state index contributed by atoms with van der Waals surface area (Å²) in [5.41, 5.74) is 9.12. The van der Waals surface area contributed by atoms with Crippen LogP contribution in [0.3, 0.4) is 0 Å². The van der Waals surface area contributed by atoms with Crippen LogP contribution in [0.5, 0.6) is 23.0 Å². The molecule has 0 spiro atoms. The molecule has 0 N–H and O–H groups in total. The van der Waals surface area contributed by atoms with E-state index >= 15 is 0 Å². The number of hydrogen-bond donors (Lipinski definition) is 0. The molecule has 8 aromatic rings. The molecule has 0 aromatic heterocycles. The van der Waals surface area contributed by atoms with Crippen molar-refractivity contribution in [1.82, 2.24) is 0 Å². The fourth-order valence-electron chi connectivity index (χ4n) is 8.28. The van der Waals surface area contributed by atoms with Crippen LogP contribution in [0, 0.1) is 12.1 Å². The van der Waals surface area contributed by atoms with E-state index in [4.69, 9.17) is 9.47 Å². The van der Waals surface area contributed by atoms with E-state index in [-0.39, 0.29) is 47.5 Å². The zero-order chi connectivity index (χ0) is 39.0. The first-order chi connectivity index (χ1) is 28.7. The molecule has 1 fully saturated rings. The predicted molar refractivity (Wildman–Crippen MR) is 237 cm³/mol. The molecule has 0 unspecified atom stereocenters. The summed E-state index contributed by atoms with van der Waals surface area (Å²) >= 11 is 0. The van der Waals surface area contributed by atoms with E-state index in [0.717, 1.165) is 70.0 Å². The fourth-order valence-corrected chi connectivity index (χ4v) is 8.28. The first-order valence-corrected chi connectivity index (χ1v) is 20.1. The number of para-hydroxylation sites is 2. The zero-order valence-corrected chi connectivity index (χ0v) is 39.1. The summed E-state index contributed by atoms with van der Waals surface area (Å²) in [6.45, 7) is 0. The van der Waals surface area contributed by atoms with Crippen molar-refractivity contribution < 1.29 is 51.6 Å². The summed E-state index contributed by atoms with van der Waals surface area (Å²) < 4.78 is 12.2. The third-order valence-electron chi connectivity index (χ3n) is 11.1. The Kier molecular flexibility index (Phi) is 14.2. The Balaban J connectivity index is 0.00000272. The minimum Gasteiger partial charge on any atom is -0.457 e. The van der Waals surface area contributed by atoms with Crippen molar-refractivity contribution in [1.29, 1.82) is 0 Å². The molecule has 0 saturated heterocycles. The topological polar surface area (TPSA) is 24.9 Å². The van der Waals surface area contributed by atoms with Crippen molar-refractivity contribution in [2.75, 3.05) is 9.80 Å². The fraction of sp³-hybridized carbons (Fsp3) is 0.111. The van der Waals surface area contributed by atoms with Crippen LogP contribution in [0.2, 0.25) is 0 Å². The Hall–Kier alpha value is -5.66. The summed E-state index contributed by atoms with van der Waals surface area (Å²) in [6, 6.07) is 77.7. The minimum absolute atomic E-state index is 0. The molecule has 6 heteroatoms. The van der Waals surface area contributed by atoms with Gasteiger partial charge in [0, 0.05) is 70.3 Å². The van der Waals surface area contributed by atoms with Crippen LogP contribution in [0.15, 0.2) is 206 Å². The summed E-state index contributed by atoms with van der Waals surface area (Å²) in [5.74, 6) is 3.24. The Labute approximate surface area is 383 Å². The monoisotopic (exact) mass is 1120 g/mol. The second-order valence-corrected chi connectivity index (χ2v) is 14.7. The average molecular weight is 1120 g/mol. The van der Waals surface area contributed by atoms with Crippen LogP contribution < -0.4 is 19.3 Å². The Morgan fingerprint density at radius 2 is 0.633 bits per heavy atom. The van der Waals surface area contributed by atoms with Crippen molar-refractivity contribution in [3.8, 4) is 23.0 Å². The molecule has 4 nitrogen and oxygen atoms in total. The van der Waals surface area contributed by atoms with Crippen LogP contribution in [0.25, 0.3) is 0 Å². The smallest absolute Gasteiger partial charge is 0.127 e. The molecule has 0 radical (unpaired) electrons. The summed E-state index contributed by atoms with van der Waals surface area (Å²) in [6.07, 6.45) is 5.92. The molecule has 1 aliphatic carbocycles. The second kappa shape index (κ2) is 20.1. The maximum absolute atomic E-state index is 6.12. The standard InChI is InChI=1S/C54H44N2O2.2W/c1-6-16-44(17-7-1)55(48-32-36-52(37-33-48)57-50-20-10-3-11-21-50)46-28-24-42(25-29-46)54(40-14-5-15-41-54)43-26-30-47(31-27-43)56(45-18-8-2-9-19-45)49-34-38-53(39-35-49)58-51-22-12-4-13-23-51;;/h3-4,6-13,16-39H,5,14-15,40-41H2;;/q-2;;. The van der Waals surface area contributed by atoms with E-state index < -0.39 is 0 Å². The van der Waals surface area contributed by atoms with Gasteiger partial charge in [-0.2, -0.15) is 36.4 Å². The van der Waals surface area contributed by atoms with Crippen molar-refractivity contribution in [2.24, 2.45) is 0 Å². The third kappa shape index (κ3) is 9.52. The molecule has 0 amide bonds. The van der Waals surface area contributed by atoms with Gasteiger partial charge in [0.05, 0.1) is 0 Å². The molecule has 60 heavy (non-hydrogen) atoms. The van der Waals surface area contributed by atoms with Gasteiger partial charge < -0.3 is 19.3 Å². The largest absolute Gasteiger partial charge is 0.457 e. The Morgan fingerprint density at radius 3 is 0.983 bits per heavy atom. The minimum atomic E-state index is -0.0682. The van der Waals surface area contributed by atoms with Crippen molar-refractivity contribution in [2.45, 2.75) is 37.5 Å². The van der Waals surface area contributed by atoms with Gasteiger partial charge in [-0.1, -0.05) is 91.3 Å². The van der Waals surface area contributed by atoms with E-state index in [1.54, 1.807) is 0 Å². The number of nitrogens with zero attached hydrogens (tertiary/aromatic N) is 2. The van der Waals surface area contributed by atoms with Crippen molar-refractivity contribution >= 4 is 34.1 Å². The predicted octanol–water partition coefficient (Wildman–Crippen LogP) is 15.1. The molecule has 8 aromatic carbocycles. The Bertz CT molecular complexity index is 2320. The number of benzene rings is 8. The van der Waals surface area contributed by atoms with Gasteiger partial charge in [-0.05, 0) is 121 Å². The van der Waals surface area contributed by atoms with Gasteiger partial charge in [0.1, 0.15) is 23.0 Å². The van der Waals surface area contributed by atoms with Crippen molar-refractivity contribution in [3.63, 3.8) is 0 Å².